The molecule has 1 aliphatic heterocycles. The maximum Gasteiger partial charge on any atom is 0.316 e. The number of carboxylic acid groups (broad SMARTS) is 1. The van der Waals surface area contributed by atoms with Crippen LogP contribution in [0.2, 0.25) is 0 Å². The topological polar surface area (TPSA) is 74.7 Å². The zero-order chi connectivity index (χ0) is 14.4. The van der Waals surface area contributed by atoms with Crippen LogP contribution in [0.5, 0.6) is 0 Å². The minimum Gasteiger partial charge on any atom is -0.481 e. The van der Waals surface area contributed by atoms with Crippen molar-refractivity contribution >= 4 is 23.3 Å². The summed E-state index contributed by atoms with van der Waals surface area (Å²) < 4.78 is 0. The summed E-state index contributed by atoms with van der Waals surface area (Å²) in [5, 5.41) is 9.07. The fourth-order valence-corrected chi connectivity index (χ4v) is 2.07. The second kappa shape index (κ2) is 4.19. The average Bonchev–Trinajstić information content (AvgIpc) is 2.63. The molecule has 0 aliphatic carbocycles. The van der Waals surface area contributed by atoms with Gasteiger partial charge in [-0.1, -0.05) is 0 Å². The Morgan fingerprint density at radius 3 is 2.53 bits per heavy atom. The van der Waals surface area contributed by atoms with E-state index >= 15 is 0 Å². The van der Waals surface area contributed by atoms with Crippen molar-refractivity contribution in [2.75, 3.05) is 11.9 Å². The number of anilines is 1. The second-order valence-electron chi connectivity index (χ2n) is 5.23. The molecule has 0 fully saturated rings. The van der Waals surface area contributed by atoms with Gasteiger partial charge in [-0.3, -0.25) is 14.4 Å². The van der Waals surface area contributed by atoms with Crippen molar-refractivity contribution in [3.8, 4) is 0 Å². The Morgan fingerprint density at radius 1 is 1.32 bits per heavy atom. The fourth-order valence-electron chi connectivity index (χ4n) is 2.07. The molecule has 100 valence electrons. The van der Waals surface area contributed by atoms with Crippen molar-refractivity contribution in [2.24, 2.45) is 5.41 Å². The van der Waals surface area contributed by atoms with Crippen molar-refractivity contribution in [2.45, 2.75) is 20.3 Å². The molecule has 2 rings (SSSR count). The van der Waals surface area contributed by atoms with Crippen LogP contribution in [0.15, 0.2) is 18.2 Å². The molecule has 0 aromatic heterocycles. The van der Waals surface area contributed by atoms with E-state index < -0.39 is 17.2 Å². The molecule has 1 aromatic rings. The van der Waals surface area contributed by atoms with Gasteiger partial charge in [-0.05, 0) is 37.6 Å². The van der Waals surface area contributed by atoms with Gasteiger partial charge in [0.15, 0.2) is 5.78 Å². The lowest BCUT2D eigenvalue weighted by molar-refractivity contribution is -0.144. The van der Waals surface area contributed by atoms with Crippen LogP contribution in [0.1, 0.15) is 29.8 Å². The largest absolute Gasteiger partial charge is 0.481 e. The van der Waals surface area contributed by atoms with Crippen molar-refractivity contribution in [3.05, 3.63) is 29.3 Å². The van der Waals surface area contributed by atoms with Gasteiger partial charge in [0, 0.05) is 18.3 Å². The second-order valence-corrected chi connectivity index (χ2v) is 5.23. The molecule has 0 radical (unpaired) electrons. The van der Waals surface area contributed by atoms with Crippen LogP contribution in [0, 0.1) is 5.41 Å². The van der Waals surface area contributed by atoms with Crippen molar-refractivity contribution in [1.29, 1.82) is 0 Å². The van der Waals surface area contributed by atoms with Gasteiger partial charge < -0.3 is 10.0 Å². The molecule has 0 saturated heterocycles. The smallest absolute Gasteiger partial charge is 0.316 e. The highest BCUT2D eigenvalue weighted by molar-refractivity contribution is 6.12. The van der Waals surface area contributed by atoms with Gasteiger partial charge in [0.05, 0.1) is 6.42 Å². The van der Waals surface area contributed by atoms with Crippen molar-refractivity contribution in [1.82, 2.24) is 0 Å². The first-order valence-electron chi connectivity index (χ1n) is 5.93. The number of likely N-dealkylation sites (N-methyl/N-ethyl adjacent to an activating group) is 1. The Kier molecular flexibility index (Phi) is 2.92. The third-order valence-electron chi connectivity index (χ3n) is 3.52. The number of carbonyl (C=O) groups is 3. The highest BCUT2D eigenvalue weighted by atomic mass is 16.4. The van der Waals surface area contributed by atoms with Crippen molar-refractivity contribution < 1.29 is 19.5 Å². The SMILES string of the molecule is CN1C(=O)Cc2cc(C(=O)C(C)(C)C(=O)O)ccc21. The van der Waals surface area contributed by atoms with Gasteiger partial charge in [0.2, 0.25) is 5.91 Å². The van der Waals surface area contributed by atoms with Crippen LogP contribution < -0.4 is 4.90 Å². The molecule has 1 heterocycles. The van der Waals surface area contributed by atoms with E-state index in [1.165, 1.54) is 18.7 Å². The van der Waals surface area contributed by atoms with E-state index in [4.69, 9.17) is 5.11 Å². The Balaban J connectivity index is 2.40. The predicted octanol–water partition coefficient (Wildman–Crippen LogP) is 1.50. The summed E-state index contributed by atoms with van der Waals surface area (Å²) in [6.45, 7) is 2.75. The highest BCUT2D eigenvalue weighted by Crippen LogP contribution is 2.30. The molecule has 0 saturated carbocycles. The Hall–Kier alpha value is -2.17. The molecule has 0 atom stereocenters. The van der Waals surface area contributed by atoms with E-state index in [2.05, 4.69) is 0 Å². The summed E-state index contributed by atoms with van der Waals surface area (Å²) >= 11 is 0. The van der Waals surface area contributed by atoms with E-state index in [-0.39, 0.29) is 12.3 Å². The highest BCUT2D eigenvalue weighted by Gasteiger charge is 2.37. The molecule has 0 unspecified atom stereocenters. The third-order valence-corrected chi connectivity index (χ3v) is 3.52. The van der Waals surface area contributed by atoms with Crippen LogP contribution in [0.4, 0.5) is 5.69 Å². The summed E-state index contributed by atoms with van der Waals surface area (Å²) in [6, 6.07) is 4.87. The van der Waals surface area contributed by atoms with Crippen LogP contribution in [-0.4, -0.2) is 29.8 Å². The zero-order valence-electron chi connectivity index (χ0n) is 11.1. The van der Waals surface area contributed by atoms with E-state index in [9.17, 15) is 14.4 Å². The lowest BCUT2D eigenvalue weighted by atomic mass is 9.84. The lowest BCUT2D eigenvalue weighted by Crippen LogP contribution is -2.33. The first kappa shape index (κ1) is 13.3. The fraction of sp³-hybridized carbons (Fsp3) is 0.357. The Bertz CT molecular complexity index is 589. The van der Waals surface area contributed by atoms with Gasteiger partial charge >= 0.3 is 5.97 Å². The lowest BCUT2D eigenvalue weighted by Gasteiger charge is -2.18. The minimum atomic E-state index is -1.47. The minimum absolute atomic E-state index is 0.0305. The van der Waals surface area contributed by atoms with Crippen LogP contribution in [0.3, 0.4) is 0 Å². The summed E-state index contributed by atoms with van der Waals surface area (Å²) in [7, 11) is 1.68. The number of rotatable bonds is 3. The van der Waals surface area contributed by atoms with Crippen LogP contribution >= 0.6 is 0 Å². The molecule has 1 N–H and O–H groups in total. The zero-order valence-corrected chi connectivity index (χ0v) is 11.1. The monoisotopic (exact) mass is 261 g/mol. The van der Waals surface area contributed by atoms with E-state index in [1.54, 1.807) is 25.2 Å². The van der Waals surface area contributed by atoms with E-state index in [0.29, 0.717) is 5.56 Å². The molecule has 5 heteroatoms. The van der Waals surface area contributed by atoms with Gasteiger partial charge in [0.1, 0.15) is 5.41 Å². The predicted molar refractivity (Wildman–Crippen MR) is 69.3 cm³/mol. The van der Waals surface area contributed by atoms with Crippen LogP contribution in [0.25, 0.3) is 0 Å². The number of hydrogen-bond acceptors (Lipinski definition) is 3. The molecule has 1 aromatic carbocycles. The van der Waals surface area contributed by atoms with E-state index in [0.717, 1.165) is 11.3 Å². The molecule has 0 bridgehead atoms. The number of carbonyl (C=O) groups excluding carboxylic acids is 2. The standard InChI is InChI=1S/C14H15NO4/c1-14(2,13(18)19)12(17)8-4-5-10-9(6-8)7-11(16)15(10)3/h4-6H,7H2,1-3H3,(H,18,19). The average molecular weight is 261 g/mol. The van der Waals surface area contributed by atoms with Gasteiger partial charge in [-0.15, -0.1) is 0 Å². The van der Waals surface area contributed by atoms with Crippen molar-refractivity contribution in [3.63, 3.8) is 0 Å². The molecule has 1 aliphatic rings. The number of benzene rings is 1. The normalized spacial score (nSPS) is 14.5. The third kappa shape index (κ3) is 2.01. The number of carboxylic acids is 1. The number of ketones is 1. The quantitative estimate of drug-likeness (QED) is 0.661. The number of nitrogens with zero attached hydrogens (tertiary/aromatic N) is 1. The van der Waals surface area contributed by atoms with Gasteiger partial charge in [-0.25, -0.2) is 0 Å². The summed E-state index contributed by atoms with van der Waals surface area (Å²) in [4.78, 5) is 36.4. The number of fused-ring (bicyclic) bond motifs is 1. The Morgan fingerprint density at radius 2 is 1.95 bits per heavy atom. The van der Waals surface area contributed by atoms with Gasteiger partial charge in [0.25, 0.3) is 0 Å². The molecule has 1 amide bonds. The molecular weight excluding hydrogens is 246 g/mol. The molecule has 0 spiro atoms. The summed E-state index contributed by atoms with van der Waals surface area (Å²) in [5.41, 5.74) is 0.395. The van der Waals surface area contributed by atoms with Gasteiger partial charge in [-0.2, -0.15) is 0 Å². The van der Waals surface area contributed by atoms with Crippen LogP contribution in [-0.2, 0) is 16.0 Å². The number of amides is 1. The number of Topliss-reactive ketones (excluding diaryl/α,β-unsaturated/α-hetero) is 1. The molecule has 5 nitrogen and oxygen atoms in total. The maximum atomic E-state index is 12.2. The summed E-state index contributed by atoms with van der Waals surface area (Å²) in [6.07, 6.45) is 0.250. The van der Waals surface area contributed by atoms with E-state index in [1.807, 2.05) is 0 Å². The Labute approximate surface area is 110 Å². The number of hydrogen-bond donors (Lipinski definition) is 1. The first-order chi connectivity index (χ1) is 8.75. The first-order valence-corrected chi connectivity index (χ1v) is 5.93. The maximum absolute atomic E-state index is 12.2. The number of aliphatic carboxylic acids is 1. The molecule has 19 heavy (non-hydrogen) atoms. The summed E-state index contributed by atoms with van der Waals surface area (Å²) in [5.74, 6) is -1.65. The molecular formula is C14H15NO4.